The SMILES string of the molecule is CO/N=C(/COc1ccc(COc2ccc(C(C#N)CC(=O)[O-])cc2)cc1)c1ccccc1.[K+]. The monoisotopic (exact) mass is 482 g/mol. The molecule has 34 heavy (non-hydrogen) atoms. The number of carbonyl (C=O) groups excluding carboxylic acids is 1. The largest absolute Gasteiger partial charge is 1.00 e. The zero-order valence-electron chi connectivity index (χ0n) is 19.1. The Morgan fingerprint density at radius 2 is 1.59 bits per heavy atom. The van der Waals surface area contributed by atoms with Crippen LogP contribution in [0.5, 0.6) is 11.5 Å². The summed E-state index contributed by atoms with van der Waals surface area (Å²) >= 11 is 0. The maximum Gasteiger partial charge on any atom is 1.00 e. The quantitative estimate of drug-likeness (QED) is 0.223. The molecule has 0 aromatic heterocycles. The van der Waals surface area contributed by atoms with Crippen molar-refractivity contribution in [1.82, 2.24) is 0 Å². The Bertz CT molecular complexity index is 1110. The molecule has 0 N–H and O–H groups in total. The van der Waals surface area contributed by atoms with Crippen LogP contribution in [0.25, 0.3) is 0 Å². The molecule has 0 amide bonds. The fourth-order valence-electron chi connectivity index (χ4n) is 3.10. The van der Waals surface area contributed by atoms with Crippen LogP contribution in [-0.4, -0.2) is 25.4 Å². The van der Waals surface area contributed by atoms with Crippen LogP contribution >= 0.6 is 0 Å². The number of carboxylic acid groups (broad SMARTS) is 1. The predicted octanol–water partition coefficient (Wildman–Crippen LogP) is 0.446. The number of nitriles is 1. The zero-order chi connectivity index (χ0) is 23.5. The molecule has 0 bridgehead atoms. The number of carboxylic acids is 1. The Kier molecular flexibility index (Phi) is 11.8. The van der Waals surface area contributed by atoms with E-state index < -0.39 is 11.9 Å². The Balaban J connectivity index is 0.00000408. The molecule has 3 rings (SSSR count). The van der Waals surface area contributed by atoms with E-state index in [1.54, 1.807) is 24.3 Å². The fourth-order valence-corrected chi connectivity index (χ4v) is 3.10. The molecule has 0 aliphatic carbocycles. The van der Waals surface area contributed by atoms with E-state index in [1.807, 2.05) is 60.7 Å². The summed E-state index contributed by atoms with van der Waals surface area (Å²) in [6.45, 7) is 0.614. The molecule has 3 aromatic rings. The molecule has 0 heterocycles. The first-order chi connectivity index (χ1) is 16.1. The number of benzene rings is 3. The zero-order valence-corrected chi connectivity index (χ0v) is 22.3. The molecule has 3 aromatic carbocycles. The first-order valence-corrected chi connectivity index (χ1v) is 10.3. The fraction of sp³-hybridized carbons (Fsp3) is 0.192. The van der Waals surface area contributed by atoms with Gasteiger partial charge in [0.05, 0.1) is 12.0 Å². The molecule has 0 saturated heterocycles. The number of nitrogens with zero attached hydrogens (tertiary/aromatic N) is 2. The number of carbonyl (C=O) groups is 1. The minimum Gasteiger partial charge on any atom is -0.550 e. The molecule has 0 fully saturated rings. The number of oxime groups is 1. The van der Waals surface area contributed by atoms with Gasteiger partial charge in [-0.1, -0.05) is 59.8 Å². The number of aliphatic carboxylic acids is 1. The number of rotatable bonds is 11. The first kappa shape index (κ1) is 27.6. The summed E-state index contributed by atoms with van der Waals surface area (Å²) in [7, 11) is 1.50. The van der Waals surface area contributed by atoms with Gasteiger partial charge in [0.15, 0.2) is 0 Å². The van der Waals surface area contributed by atoms with Crippen LogP contribution in [0, 0.1) is 11.3 Å². The third-order valence-corrected chi connectivity index (χ3v) is 4.82. The van der Waals surface area contributed by atoms with Crippen LogP contribution in [0.15, 0.2) is 84.0 Å². The van der Waals surface area contributed by atoms with Crippen molar-refractivity contribution in [1.29, 1.82) is 5.26 Å². The second-order valence-electron chi connectivity index (χ2n) is 7.13. The van der Waals surface area contributed by atoms with Gasteiger partial charge in [-0.05, 0) is 35.4 Å². The standard InChI is InChI=1S/C26H24N2O5.K/c1-31-28-25(21-5-3-2-4-6-21)18-33-23-11-7-19(8-12-23)17-32-24-13-9-20(10-14-24)22(16-27)15-26(29)30;/h2-14,22H,15,17-18H2,1H3,(H,29,30);/q;+1/p-1/b28-25-;. The maximum absolute atomic E-state index is 10.8. The van der Waals surface area contributed by atoms with E-state index >= 15 is 0 Å². The number of hydrogen-bond donors (Lipinski definition) is 0. The van der Waals surface area contributed by atoms with Crippen LogP contribution in [0.4, 0.5) is 0 Å². The minimum absolute atomic E-state index is 0. The van der Waals surface area contributed by atoms with E-state index in [4.69, 9.17) is 19.6 Å². The van der Waals surface area contributed by atoms with Crippen molar-refractivity contribution in [2.75, 3.05) is 13.7 Å². The molecule has 0 aliphatic rings. The molecular formula is C26H23KN2O5. The molecule has 0 radical (unpaired) electrons. The van der Waals surface area contributed by atoms with Crippen LogP contribution in [0.2, 0.25) is 0 Å². The van der Waals surface area contributed by atoms with Crippen LogP contribution < -0.4 is 66.0 Å². The van der Waals surface area contributed by atoms with Crippen molar-refractivity contribution in [2.45, 2.75) is 18.9 Å². The van der Waals surface area contributed by atoms with Gasteiger partial charge in [-0.2, -0.15) is 5.26 Å². The van der Waals surface area contributed by atoms with Crippen molar-refractivity contribution in [3.05, 3.63) is 95.6 Å². The molecule has 1 unspecified atom stereocenters. The van der Waals surface area contributed by atoms with Gasteiger partial charge in [-0.15, -0.1) is 0 Å². The van der Waals surface area contributed by atoms with Crippen molar-refractivity contribution in [3.63, 3.8) is 0 Å². The molecule has 168 valence electrons. The molecular weight excluding hydrogens is 459 g/mol. The van der Waals surface area contributed by atoms with Gasteiger partial charge < -0.3 is 24.2 Å². The van der Waals surface area contributed by atoms with Gasteiger partial charge in [0.2, 0.25) is 0 Å². The summed E-state index contributed by atoms with van der Waals surface area (Å²) in [5.74, 6) is -0.685. The van der Waals surface area contributed by atoms with Crippen molar-refractivity contribution >= 4 is 11.7 Å². The summed E-state index contributed by atoms with van der Waals surface area (Å²) in [6, 6.07) is 26.0. The Labute approximate surface area is 241 Å². The van der Waals surface area contributed by atoms with Crippen LogP contribution in [0.1, 0.15) is 29.0 Å². The van der Waals surface area contributed by atoms with E-state index in [0.717, 1.165) is 11.1 Å². The Morgan fingerprint density at radius 3 is 2.18 bits per heavy atom. The smallest absolute Gasteiger partial charge is 0.550 e. The topological polar surface area (TPSA) is 104 Å². The number of hydrogen-bond acceptors (Lipinski definition) is 7. The minimum atomic E-state index is -1.25. The average Bonchev–Trinajstić information content (AvgIpc) is 2.85. The van der Waals surface area contributed by atoms with Gasteiger partial charge in [0.25, 0.3) is 0 Å². The van der Waals surface area contributed by atoms with E-state index in [-0.39, 0.29) is 64.4 Å². The Morgan fingerprint density at radius 1 is 0.971 bits per heavy atom. The summed E-state index contributed by atoms with van der Waals surface area (Å²) in [5, 5.41) is 23.9. The first-order valence-electron chi connectivity index (χ1n) is 10.3. The third-order valence-electron chi connectivity index (χ3n) is 4.82. The van der Waals surface area contributed by atoms with E-state index in [2.05, 4.69) is 5.16 Å². The summed E-state index contributed by atoms with van der Waals surface area (Å²) in [6.07, 6.45) is -0.338. The molecule has 0 aliphatic heterocycles. The van der Waals surface area contributed by atoms with Crippen molar-refractivity contribution in [3.8, 4) is 17.6 Å². The van der Waals surface area contributed by atoms with Crippen LogP contribution in [-0.2, 0) is 16.2 Å². The van der Waals surface area contributed by atoms with Gasteiger partial charge in [0, 0.05) is 18.0 Å². The normalized spacial score (nSPS) is 11.5. The van der Waals surface area contributed by atoms with Gasteiger partial charge in [-0.25, -0.2) is 0 Å². The molecule has 1 atom stereocenters. The number of ether oxygens (including phenoxy) is 2. The summed E-state index contributed by atoms with van der Waals surface area (Å²) < 4.78 is 11.6. The predicted molar refractivity (Wildman–Crippen MR) is 121 cm³/mol. The third kappa shape index (κ3) is 8.59. The van der Waals surface area contributed by atoms with Gasteiger partial charge in [-0.3, -0.25) is 0 Å². The molecule has 0 saturated carbocycles. The summed E-state index contributed by atoms with van der Waals surface area (Å²) in [5.41, 5.74) is 3.18. The van der Waals surface area contributed by atoms with Crippen molar-refractivity contribution < 1.29 is 75.6 Å². The van der Waals surface area contributed by atoms with E-state index in [9.17, 15) is 9.90 Å². The molecule has 0 spiro atoms. The second kappa shape index (κ2) is 14.6. The molecule has 8 heteroatoms. The van der Waals surface area contributed by atoms with Gasteiger partial charge in [0.1, 0.15) is 37.5 Å². The van der Waals surface area contributed by atoms with Crippen LogP contribution in [0.3, 0.4) is 0 Å². The summed E-state index contributed by atoms with van der Waals surface area (Å²) in [4.78, 5) is 15.7. The molecule has 7 nitrogen and oxygen atoms in total. The second-order valence-corrected chi connectivity index (χ2v) is 7.13. The van der Waals surface area contributed by atoms with Crippen molar-refractivity contribution in [2.24, 2.45) is 5.16 Å². The van der Waals surface area contributed by atoms with E-state index in [0.29, 0.717) is 29.4 Å². The van der Waals surface area contributed by atoms with E-state index in [1.165, 1.54) is 7.11 Å². The maximum atomic E-state index is 10.8. The Hall–Kier alpha value is -2.67. The average molecular weight is 483 g/mol. The van der Waals surface area contributed by atoms with Gasteiger partial charge >= 0.3 is 51.4 Å².